The molecule has 3 N–H and O–H groups in total. The van der Waals surface area contributed by atoms with Crippen LogP contribution in [-0.4, -0.2) is 57.7 Å². The van der Waals surface area contributed by atoms with Crippen LogP contribution < -0.4 is 10.1 Å². The highest BCUT2D eigenvalue weighted by Gasteiger charge is 2.26. The number of piperidine rings is 1. The highest BCUT2D eigenvalue weighted by Crippen LogP contribution is 2.30. The van der Waals surface area contributed by atoms with Crippen LogP contribution in [0.1, 0.15) is 35.7 Å². The molecule has 0 unspecified atom stereocenters. The van der Waals surface area contributed by atoms with Crippen LogP contribution in [0.15, 0.2) is 24.3 Å². The van der Waals surface area contributed by atoms with Crippen molar-refractivity contribution in [2.75, 3.05) is 25.0 Å². The van der Waals surface area contributed by atoms with Gasteiger partial charge in [-0.05, 0) is 36.6 Å². The number of likely N-dealkylation sites (tertiary alicyclic amines) is 1. The molecule has 1 saturated heterocycles. The lowest BCUT2D eigenvalue weighted by Crippen LogP contribution is -2.38. The number of fused-ring (bicyclic) bond motifs is 1. The average molecular weight is 398 g/mol. The van der Waals surface area contributed by atoms with Crippen molar-refractivity contribution in [3.63, 3.8) is 0 Å². The molecule has 9 heteroatoms. The van der Waals surface area contributed by atoms with Crippen molar-refractivity contribution >= 4 is 23.5 Å². The molecule has 0 saturated carbocycles. The van der Waals surface area contributed by atoms with E-state index in [4.69, 9.17) is 9.84 Å². The number of rotatable bonds is 5. The fourth-order valence-electron chi connectivity index (χ4n) is 3.79. The van der Waals surface area contributed by atoms with E-state index in [1.165, 1.54) is 0 Å². The van der Waals surface area contributed by atoms with Gasteiger partial charge >= 0.3 is 5.97 Å². The smallest absolute Gasteiger partial charge is 0.309 e. The molecule has 2 aliphatic rings. The number of hydrogen-bond donors (Lipinski definition) is 3. The summed E-state index contributed by atoms with van der Waals surface area (Å²) in [5.74, 6) is -0.223. The monoisotopic (exact) mass is 398 g/mol. The van der Waals surface area contributed by atoms with Gasteiger partial charge in [0.05, 0.1) is 24.2 Å². The van der Waals surface area contributed by atoms with Crippen molar-refractivity contribution in [2.45, 2.75) is 31.6 Å². The van der Waals surface area contributed by atoms with Crippen molar-refractivity contribution < 1.29 is 24.2 Å². The molecule has 0 spiro atoms. The zero-order valence-electron chi connectivity index (χ0n) is 15.8. The largest absolute Gasteiger partial charge is 0.482 e. The Labute approximate surface area is 167 Å². The lowest BCUT2D eigenvalue weighted by molar-refractivity contribution is -0.136. The lowest BCUT2D eigenvalue weighted by Gasteiger charge is -2.31. The molecule has 152 valence electrons. The number of aliphatic carboxylic acids is 1. The number of carboxylic acid groups (broad SMARTS) is 1. The summed E-state index contributed by atoms with van der Waals surface area (Å²) in [7, 11) is 0. The molecular formula is C20H22N4O5. The first-order valence-electron chi connectivity index (χ1n) is 9.57. The molecule has 2 aromatic rings. The third-order valence-electron chi connectivity index (χ3n) is 5.29. The van der Waals surface area contributed by atoms with Gasteiger partial charge in [0.25, 0.3) is 5.91 Å². The van der Waals surface area contributed by atoms with Gasteiger partial charge in [-0.3, -0.25) is 19.5 Å². The maximum Gasteiger partial charge on any atom is 0.309 e. The van der Waals surface area contributed by atoms with Crippen LogP contribution in [0.4, 0.5) is 5.69 Å². The van der Waals surface area contributed by atoms with Crippen LogP contribution in [0, 0.1) is 0 Å². The Balaban J connectivity index is 1.32. The van der Waals surface area contributed by atoms with Crippen LogP contribution >= 0.6 is 0 Å². The molecule has 3 heterocycles. The van der Waals surface area contributed by atoms with Gasteiger partial charge in [0.15, 0.2) is 6.61 Å². The molecule has 2 amide bonds. The van der Waals surface area contributed by atoms with Gasteiger partial charge in [-0.1, -0.05) is 6.07 Å². The molecule has 9 nitrogen and oxygen atoms in total. The zero-order chi connectivity index (χ0) is 20.4. The number of nitrogens with zero attached hydrogens (tertiary/aromatic N) is 2. The summed E-state index contributed by atoms with van der Waals surface area (Å²) >= 11 is 0. The number of aromatic nitrogens is 2. The average Bonchev–Trinajstić information content (AvgIpc) is 3.15. The quantitative estimate of drug-likeness (QED) is 0.698. The van der Waals surface area contributed by atoms with E-state index in [1.54, 1.807) is 18.2 Å². The highest BCUT2D eigenvalue weighted by molar-refractivity contribution is 5.95. The van der Waals surface area contributed by atoms with Crippen LogP contribution in [0.5, 0.6) is 5.75 Å². The van der Waals surface area contributed by atoms with Gasteiger partial charge in [0.1, 0.15) is 5.75 Å². The number of carboxylic acids is 1. The van der Waals surface area contributed by atoms with E-state index in [9.17, 15) is 14.4 Å². The summed E-state index contributed by atoms with van der Waals surface area (Å²) in [5, 5.41) is 18.6. The minimum absolute atomic E-state index is 0.00796. The Morgan fingerprint density at radius 2 is 2.00 bits per heavy atom. The minimum Gasteiger partial charge on any atom is -0.482 e. The number of benzene rings is 1. The van der Waals surface area contributed by atoms with Crippen molar-refractivity contribution in [2.24, 2.45) is 0 Å². The van der Waals surface area contributed by atoms with Gasteiger partial charge in [0, 0.05) is 24.7 Å². The molecule has 1 fully saturated rings. The second-order valence-electron chi connectivity index (χ2n) is 7.39. The Bertz CT molecular complexity index is 946. The van der Waals surface area contributed by atoms with Crippen molar-refractivity contribution in [3.05, 3.63) is 41.2 Å². The van der Waals surface area contributed by atoms with Gasteiger partial charge in [0.2, 0.25) is 5.91 Å². The number of hydrogen-bond acceptors (Lipinski definition) is 5. The van der Waals surface area contributed by atoms with Gasteiger partial charge in [-0.15, -0.1) is 0 Å². The van der Waals surface area contributed by atoms with Gasteiger partial charge < -0.3 is 20.1 Å². The zero-order valence-corrected chi connectivity index (χ0v) is 15.8. The van der Waals surface area contributed by atoms with Crippen LogP contribution in [0.2, 0.25) is 0 Å². The number of aromatic amines is 1. The predicted octanol–water partition coefficient (Wildman–Crippen LogP) is 1.32. The number of carbonyl (C=O) groups excluding carboxylic acids is 2. The van der Waals surface area contributed by atoms with E-state index in [0.717, 1.165) is 24.1 Å². The van der Waals surface area contributed by atoms with E-state index >= 15 is 0 Å². The van der Waals surface area contributed by atoms with Crippen LogP contribution in [0.3, 0.4) is 0 Å². The molecule has 4 rings (SSSR count). The second kappa shape index (κ2) is 7.94. The third-order valence-corrected chi connectivity index (χ3v) is 5.29. The fourth-order valence-corrected chi connectivity index (χ4v) is 3.79. The summed E-state index contributed by atoms with van der Waals surface area (Å²) in [6, 6.07) is 7.20. The van der Waals surface area contributed by atoms with Crippen molar-refractivity contribution in [3.8, 4) is 5.75 Å². The second-order valence-corrected chi connectivity index (χ2v) is 7.39. The fraction of sp³-hybridized carbons (Fsp3) is 0.400. The topological polar surface area (TPSA) is 125 Å². The number of H-pyrrole nitrogens is 1. The summed E-state index contributed by atoms with van der Waals surface area (Å²) < 4.78 is 5.34. The first-order chi connectivity index (χ1) is 14.0. The highest BCUT2D eigenvalue weighted by atomic mass is 16.5. The van der Waals surface area contributed by atoms with Crippen LogP contribution in [-0.2, 0) is 27.2 Å². The minimum atomic E-state index is -0.895. The molecule has 1 aromatic carbocycles. The summed E-state index contributed by atoms with van der Waals surface area (Å²) in [5.41, 5.74) is 2.88. The van der Waals surface area contributed by atoms with Crippen molar-refractivity contribution in [1.29, 1.82) is 0 Å². The SMILES string of the molecule is O=C(O)Cc1cc(C2CCN(C(=O)Cc3ccc4c(c3)NC(=O)CO4)CC2)n[nH]1. The standard InChI is InChI=1S/C20H22N4O5/c25-18-11-29-17-2-1-12(7-16(17)21-18)8-19(26)24-5-3-13(4-6-24)15-9-14(22-23-15)10-20(27)28/h1-2,7,9,13H,3-6,8,10-11H2,(H,21,25)(H,22,23)(H,27,28). The van der Waals surface area contributed by atoms with Crippen LogP contribution in [0.25, 0.3) is 0 Å². The molecule has 29 heavy (non-hydrogen) atoms. The third kappa shape index (κ3) is 4.39. The summed E-state index contributed by atoms with van der Waals surface area (Å²) in [6.45, 7) is 1.28. The van der Waals surface area contributed by atoms with E-state index in [2.05, 4.69) is 15.5 Å². The molecular weight excluding hydrogens is 376 g/mol. The first-order valence-corrected chi connectivity index (χ1v) is 9.57. The number of amides is 2. The molecule has 2 aliphatic heterocycles. The van der Waals surface area contributed by atoms with E-state index in [-0.39, 0.29) is 37.2 Å². The van der Waals surface area contributed by atoms with Gasteiger partial charge in [-0.2, -0.15) is 5.10 Å². The molecule has 0 aliphatic carbocycles. The maximum absolute atomic E-state index is 12.7. The van der Waals surface area contributed by atoms with E-state index in [0.29, 0.717) is 30.2 Å². The molecule has 0 bridgehead atoms. The number of carbonyl (C=O) groups is 3. The number of nitrogens with one attached hydrogen (secondary N) is 2. The predicted molar refractivity (Wildman–Crippen MR) is 103 cm³/mol. The van der Waals surface area contributed by atoms with Gasteiger partial charge in [-0.25, -0.2) is 0 Å². The first kappa shape index (κ1) is 19.0. The lowest BCUT2D eigenvalue weighted by atomic mass is 9.93. The Hall–Kier alpha value is -3.36. The van der Waals surface area contributed by atoms with E-state index < -0.39 is 5.97 Å². The normalized spacial score (nSPS) is 16.7. The van der Waals surface area contributed by atoms with E-state index in [1.807, 2.05) is 11.0 Å². The molecule has 1 aromatic heterocycles. The number of ether oxygens (including phenoxy) is 1. The Morgan fingerprint density at radius 1 is 1.21 bits per heavy atom. The summed E-state index contributed by atoms with van der Waals surface area (Å²) in [4.78, 5) is 36.8. The van der Waals surface area contributed by atoms with Crippen molar-refractivity contribution in [1.82, 2.24) is 15.1 Å². The number of anilines is 1. The molecule has 0 radical (unpaired) electrons. The Kier molecular flexibility index (Phi) is 5.20. The maximum atomic E-state index is 12.7. The Morgan fingerprint density at radius 3 is 2.76 bits per heavy atom. The summed E-state index contributed by atoms with van der Waals surface area (Å²) in [6.07, 6.45) is 1.77. The molecule has 0 atom stereocenters.